The zero-order valence-corrected chi connectivity index (χ0v) is 13.3. The Bertz CT molecular complexity index is 775. The quantitative estimate of drug-likeness (QED) is 0.456. The highest BCUT2D eigenvalue weighted by Crippen LogP contribution is 2.22. The van der Waals surface area contributed by atoms with E-state index in [2.05, 4.69) is 20.6 Å². The number of rotatable bonds is 7. The molecule has 1 aromatic carbocycles. The smallest absolute Gasteiger partial charge is 0.482 e. The molecule has 11 heteroatoms. The topological polar surface area (TPSA) is 125 Å². The molecule has 2 aromatic rings. The maximum absolute atomic E-state index is 11.7. The van der Waals surface area contributed by atoms with Crippen molar-refractivity contribution >= 4 is 29.2 Å². The first-order valence-corrected chi connectivity index (χ1v) is 7.06. The Morgan fingerprint density at radius 3 is 2.92 bits per heavy atom. The summed E-state index contributed by atoms with van der Waals surface area (Å²) in [6, 6.07) is 6.77. The van der Waals surface area contributed by atoms with E-state index in [1.54, 1.807) is 31.2 Å². The minimum Gasteiger partial charge on any atom is -0.482 e. The molecule has 24 heavy (non-hydrogen) atoms. The Morgan fingerprint density at radius 1 is 1.50 bits per heavy atom. The molecule has 0 aliphatic carbocycles. The van der Waals surface area contributed by atoms with Crippen LogP contribution in [0.3, 0.4) is 0 Å². The summed E-state index contributed by atoms with van der Waals surface area (Å²) in [4.78, 5) is 25.0. The summed E-state index contributed by atoms with van der Waals surface area (Å²) < 4.78 is 6.50. The average Bonchev–Trinajstić information content (AvgIpc) is 3.01. The maximum Gasteiger partial charge on any atom is 0.490 e. The van der Waals surface area contributed by atoms with Crippen molar-refractivity contribution in [3.05, 3.63) is 45.7 Å². The van der Waals surface area contributed by atoms with Crippen LogP contribution in [-0.4, -0.2) is 37.9 Å². The minimum absolute atomic E-state index is 0.145. The fourth-order valence-electron chi connectivity index (χ4n) is 1.61. The lowest BCUT2D eigenvalue weighted by Gasteiger charge is -2.06. The molecule has 1 amide bonds. The third-order valence-electron chi connectivity index (χ3n) is 2.65. The number of nitrogens with zero attached hydrogens (tertiary/aromatic N) is 5. The molecule has 0 fully saturated rings. The van der Waals surface area contributed by atoms with Gasteiger partial charge in [0, 0.05) is 5.10 Å². The molecular formula is C13H13ClN6O4. The number of carbonyl (C=O) groups is 1. The zero-order valence-electron chi connectivity index (χ0n) is 12.5. The summed E-state index contributed by atoms with van der Waals surface area (Å²) in [7, 11) is 0. The van der Waals surface area contributed by atoms with Crippen LogP contribution in [0.4, 0.5) is 5.95 Å². The van der Waals surface area contributed by atoms with E-state index in [1.165, 1.54) is 11.0 Å². The number of hydrogen-bond acceptors (Lipinski definition) is 7. The van der Waals surface area contributed by atoms with Crippen LogP contribution in [0, 0.1) is 10.1 Å². The van der Waals surface area contributed by atoms with Gasteiger partial charge in [-0.25, -0.2) is 5.43 Å². The van der Waals surface area contributed by atoms with Gasteiger partial charge in [0.15, 0.2) is 6.61 Å². The Morgan fingerprint density at radius 2 is 2.25 bits per heavy atom. The van der Waals surface area contributed by atoms with E-state index in [0.29, 0.717) is 16.5 Å². The number of ether oxygens (including phenoxy) is 1. The number of halogens is 1. The molecule has 0 radical (unpaired) electrons. The van der Waals surface area contributed by atoms with Crippen molar-refractivity contribution in [2.75, 3.05) is 6.61 Å². The fraction of sp³-hybridized carbons (Fsp3) is 0.231. The Kier molecular flexibility index (Phi) is 5.79. The summed E-state index contributed by atoms with van der Waals surface area (Å²) in [5, 5.41) is 18.4. The van der Waals surface area contributed by atoms with Crippen molar-refractivity contribution in [3.8, 4) is 5.75 Å². The van der Waals surface area contributed by atoms with E-state index in [4.69, 9.17) is 16.3 Å². The van der Waals surface area contributed by atoms with Crippen LogP contribution < -0.4 is 10.2 Å². The van der Waals surface area contributed by atoms with Crippen LogP contribution in [-0.2, 0) is 11.3 Å². The lowest BCUT2D eigenvalue weighted by Crippen LogP contribution is -2.26. The summed E-state index contributed by atoms with van der Waals surface area (Å²) in [5.41, 5.74) is 2.78. The highest BCUT2D eigenvalue weighted by molar-refractivity contribution is 6.32. The Hall–Kier alpha value is -3.01. The number of carbonyl (C=O) groups excluding carboxylic acids is 1. The summed E-state index contributed by atoms with van der Waals surface area (Å²) in [6.07, 6.45) is 1.21. The van der Waals surface area contributed by atoms with Gasteiger partial charge in [0.1, 0.15) is 5.75 Å². The summed E-state index contributed by atoms with van der Waals surface area (Å²) in [5.74, 6) is -0.580. The van der Waals surface area contributed by atoms with Crippen molar-refractivity contribution in [2.24, 2.45) is 5.10 Å². The van der Waals surface area contributed by atoms with Crippen molar-refractivity contribution in [3.63, 3.8) is 0 Å². The molecule has 0 aliphatic heterocycles. The van der Waals surface area contributed by atoms with Gasteiger partial charge in [0.2, 0.25) is 6.33 Å². The Labute approximate surface area is 141 Å². The van der Waals surface area contributed by atoms with Crippen LogP contribution in [0.2, 0.25) is 5.02 Å². The molecule has 0 atom stereocenters. The van der Waals surface area contributed by atoms with Gasteiger partial charge in [0.25, 0.3) is 5.91 Å². The standard InChI is InChI=1S/C13H13ClN6O4/c1-9(6-19-8-15-13(18-19)20(22)23)16-17-12(21)7-24-11-5-3-2-4-10(11)14/h2-5,8H,6-7H2,1H3,(H,17,21). The number of hydrazone groups is 1. The predicted octanol–water partition coefficient (Wildman–Crippen LogP) is 1.41. The third-order valence-corrected chi connectivity index (χ3v) is 2.96. The van der Waals surface area contributed by atoms with E-state index in [-0.39, 0.29) is 13.2 Å². The maximum atomic E-state index is 11.7. The van der Waals surface area contributed by atoms with Crippen molar-refractivity contribution in [1.82, 2.24) is 20.2 Å². The second kappa shape index (κ2) is 8.02. The number of benzene rings is 1. The second-order valence-corrected chi connectivity index (χ2v) is 5.01. The highest BCUT2D eigenvalue weighted by Gasteiger charge is 2.13. The number of nitro groups is 1. The van der Waals surface area contributed by atoms with Gasteiger partial charge >= 0.3 is 5.95 Å². The molecule has 0 aliphatic rings. The number of para-hydroxylation sites is 1. The lowest BCUT2D eigenvalue weighted by atomic mass is 10.3. The molecule has 0 saturated heterocycles. The molecule has 1 N–H and O–H groups in total. The number of nitrogens with one attached hydrogen (secondary N) is 1. The van der Waals surface area contributed by atoms with E-state index >= 15 is 0 Å². The predicted molar refractivity (Wildman–Crippen MR) is 84.9 cm³/mol. The number of hydrogen-bond donors (Lipinski definition) is 1. The van der Waals surface area contributed by atoms with E-state index in [0.717, 1.165) is 0 Å². The molecule has 0 unspecified atom stereocenters. The number of amides is 1. The highest BCUT2D eigenvalue weighted by atomic mass is 35.5. The van der Waals surface area contributed by atoms with Crippen molar-refractivity contribution < 1.29 is 14.5 Å². The van der Waals surface area contributed by atoms with Crippen LogP contribution in [0.1, 0.15) is 6.92 Å². The van der Waals surface area contributed by atoms with Crippen molar-refractivity contribution in [2.45, 2.75) is 13.5 Å². The summed E-state index contributed by atoms with van der Waals surface area (Å²) >= 11 is 5.90. The monoisotopic (exact) mass is 352 g/mol. The lowest BCUT2D eigenvalue weighted by molar-refractivity contribution is -0.394. The summed E-state index contributed by atoms with van der Waals surface area (Å²) in [6.45, 7) is 1.52. The van der Waals surface area contributed by atoms with Crippen molar-refractivity contribution in [1.29, 1.82) is 0 Å². The van der Waals surface area contributed by atoms with Crippen LogP contribution >= 0.6 is 11.6 Å². The Balaban J connectivity index is 1.81. The normalized spacial score (nSPS) is 11.2. The molecule has 0 spiro atoms. The van der Waals surface area contributed by atoms with E-state index in [9.17, 15) is 14.9 Å². The fourth-order valence-corrected chi connectivity index (χ4v) is 1.80. The van der Waals surface area contributed by atoms with Crippen LogP contribution in [0.5, 0.6) is 5.75 Å². The molecule has 1 aromatic heterocycles. The van der Waals surface area contributed by atoms with Gasteiger partial charge in [-0.05, 0) is 24.0 Å². The largest absolute Gasteiger partial charge is 0.490 e. The third kappa shape index (κ3) is 5.02. The molecule has 0 saturated carbocycles. The van der Waals surface area contributed by atoms with Crippen LogP contribution in [0.25, 0.3) is 0 Å². The van der Waals surface area contributed by atoms with Gasteiger partial charge in [-0.1, -0.05) is 28.7 Å². The molecule has 10 nitrogen and oxygen atoms in total. The van der Waals surface area contributed by atoms with E-state index in [1.807, 2.05) is 0 Å². The molecular weight excluding hydrogens is 340 g/mol. The first kappa shape index (κ1) is 17.3. The molecule has 2 rings (SSSR count). The number of aromatic nitrogens is 3. The zero-order chi connectivity index (χ0) is 17.5. The van der Waals surface area contributed by atoms with Gasteiger partial charge < -0.3 is 14.9 Å². The molecule has 126 valence electrons. The first-order valence-electron chi connectivity index (χ1n) is 6.69. The van der Waals surface area contributed by atoms with Gasteiger partial charge in [-0.2, -0.15) is 9.78 Å². The van der Waals surface area contributed by atoms with Gasteiger partial charge in [0.05, 0.1) is 17.3 Å². The first-order chi connectivity index (χ1) is 11.5. The second-order valence-electron chi connectivity index (χ2n) is 4.60. The minimum atomic E-state index is -0.698. The molecule has 0 bridgehead atoms. The van der Waals surface area contributed by atoms with Gasteiger partial charge in [-0.3, -0.25) is 4.79 Å². The van der Waals surface area contributed by atoms with Crippen LogP contribution in [0.15, 0.2) is 35.7 Å². The average molecular weight is 353 g/mol. The van der Waals surface area contributed by atoms with E-state index < -0.39 is 16.8 Å². The SMILES string of the molecule is CC(Cn1cnc([N+](=O)[O-])n1)=NNC(=O)COc1ccccc1Cl. The molecule has 1 heterocycles. The van der Waals surface area contributed by atoms with Gasteiger partial charge in [-0.15, -0.1) is 0 Å².